The fourth-order valence-corrected chi connectivity index (χ4v) is 2.83. The van der Waals surface area contributed by atoms with E-state index in [-0.39, 0.29) is 44.4 Å². The van der Waals surface area contributed by atoms with Gasteiger partial charge in [0.15, 0.2) is 0 Å². The summed E-state index contributed by atoms with van der Waals surface area (Å²) >= 11 is 0. The van der Waals surface area contributed by atoms with Gasteiger partial charge in [0, 0.05) is 38.6 Å². The van der Waals surface area contributed by atoms with Crippen molar-refractivity contribution in [2.75, 3.05) is 0 Å². The average Bonchev–Trinajstić information content (AvgIpc) is 2.88. The maximum atomic E-state index is 12.8. The number of carbonyl (C=O) groups is 1. The van der Waals surface area contributed by atoms with Crippen LogP contribution in [0.2, 0.25) is 0 Å². The summed E-state index contributed by atoms with van der Waals surface area (Å²) in [5.41, 5.74) is 3.17. The van der Waals surface area contributed by atoms with Crippen LogP contribution in [0.4, 0.5) is 0 Å². The Morgan fingerprint density at radius 3 is 1.88 bits per heavy atom. The first-order chi connectivity index (χ1) is 15.3. The molecule has 3 aromatic carbocycles. The smallest absolute Gasteiger partial charge is 0.126 e. The van der Waals surface area contributed by atoms with Crippen LogP contribution in [0, 0.1) is 12.1 Å². The van der Waals surface area contributed by atoms with Gasteiger partial charge in [-0.1, -0.05) is 109 Å². The molecule has 0 saturated heterocycles. The summed E-state index contributed by atoms with van der Waals surface area (Å²) in [5.74, 6) is 0.0338. The SMILES string of the molecule is CC.CC.CC.O=C(C[C-]=Cc1[c-]cccc1)C(Cc1ccccc1)c1ccccc1.[Y]. The number of carbonyl (C=O) groups excluding carboxylic acids is 1. The van der Waals surface area contributed by atoms with Crippen LogP contribution >= 0.6 is 0 Å². The van der Waals surface area contributed by atoms with E-state index in [1.54, 1.807) is 0 Å². The van der Waals surface area contributed by atoms with E-state index >= 15 is 0 Å². The zero-order valence-corrected chi connectivity index (χ0v) is 23.5. The van der Waals surface area contributed by atoms with Crippen molar-refractivity contribution in [2.45, 2.75) is 60.3 Å². The standard InChI is InChI=1S/C24H20O.3C2H6.Y/c25-24(18-10-15-20-11-4-1-5-12-20)23(22-16-8-3-9-17-22)19-21-13-6-2-7-14-21;3*1-2;/h1-9,11,13-17,23H,18-19H2;3*1-2H3;/q-2;;;;. The predicted molar refractivity (Wildman–Crippen MR) is 136 cm³/mol. The quantitative estimate of drug-likeness (QED) is 0.296. The van der Waals surface area contributed by atoms with E-state index in [0.717, 1.165) is 11.1 Å². The third-order valence-corrected chi connectivity index (χ3v) is 4.14. The second-order valence-corrected chi connectivity index (χ2v) is 5.96. The van der Waals surface area contributed by atoms with E-state index in [4.69, 9.17) is 0 Å². The Balaban J connectivity index is 0. The van der Waals surface area contributed by atoms with E-state index in [9.17, 15) is 4.79 Å². The van der Waals surface area contributed by atoms with Crippen LogP contribution < -0.4 is 0 Å². The monoisotopic (exact) mass is 503 g/mol. The van der Waals surface area contributed by atoms with E-state index in [1.807, 2.05) is 120 Å². The van der Waals surface area contributed by atoms with Crippen molar-refractivity contribution >= 4 is 11.9 Å². The number of hydrogen-bond acceptors (Lipinski definition) is 1. The molecule has 0 aliphatic heterocycles. The summed E-state index contributed by atoms with van der Waals surface area (Å²) in [5, 5.41) is 0. The minimum atomic E-state index is -0.149. The maximum absolute atomic E-state index is 12.8. The van der Waals surface area contributed by atoms with Gasteiger partial charge in [-0.25, -0.2) is 12.1 Å². The molecule has 1 nitrogen and oxygen atoms in total. The minimum absolute atomic E-state index is 0. The number of ketones is 1. The fraction of sp³-hybridized carbons (Fsp3) is 0.300. The van der Waals surface area contributed by atoms with Crippen LogP contribution in [0.3, 0.4) is 0 Å². The second kappa shape index (κ2) is 22.4. The Kier molecular flexibility index (Phi) is 22.6. The van der Waals surface area contributed by atoms with Crippen molar-refractivity contribution < 1.29 is 37.5 Å². The molecule has 0 amide bonds. The minimum Gasteiger partial charge on any atom is -0.319 e. The molecule has 3 aromatic rings. The second-order valence-electron chi connectivity index (χ2n) is 5.96. The van der Waals surface area contributed by atoms with Gasteiger partial charge in [-0.05, 0) is 17.5 Å². The molecule has 0 aromatic heterocycles. The first kappa shape index (κ1) is 32.4. The molecule has 32 heavy (non-hydrogen) atoms. The van der Waals surface area contributed by atoms with Crippen LogP contribution in [-0.4, -0.2) is 5.78 Å². The normalized spacial score (nSPS) is 10.1. The number of hydrogen-bond donors (Lipinski definition) is 0. The zero-order chi connectivity index (χ0) is 23.3. The van der Waals surface area contributed by atoms with Gasteiger partial charge in [-0.15, -0.1) is 6.07 Å². The van der Waals surface area contributed by atoms with Gasteiger partial charge in [-0.2, -0.15) is 12.1 Å². The molecule has 0 bridgehead atoms. The molecule has 0 N–H and O–H groups in total. The molecule has 169 valence electrons. The molecule has 0 fully saturated rings. The van der Waals surface area contributed by atoms with E-state index < -0.39 is 0 Å². The van der Waals surface area contributed by atoms with Crippen molar-refractivity contribution in [3.05, 3.63) is 114 Å². The van der Waals surface area contributed by atoms with Gasteiger partial charge in [0.2, 0.25) is 0 Å². The van der Waals surface area contributed by atoms with Gasteiger partial charge >= 0.3 is 0 Å². The number of rotatable bonds is 7. The Morgan fingerprint density at radius 2 is 1.34 bits per heavy atom. The maximum Gasteiger partial charge on any atom is 0.126 e. The van der Waals surface area contributed by atoms with Gasteiger partial charge in [0.05, 0.1) is 0 Å². The summed E-state index contributed by atoms with van der Waals surface area (Å²) in [7, 11) is 0. The van der Waals surface area contributed by atoms with Crippen molar-refractivity contribution in [3.8, 4) is 0 Å². The Labute approximate surface area is 222 Å². The van der Waals surface area contributed by atoms with Crippen LogP contribution in [0.15, 0.2) is 84.9 Å². The van der Waals surface area contributed by atoms with Crippen molar-refractivity contribution in [3.63, 3.8) is 0 Å². The predicted octanol–water partition coefficient (Wildman–Crippen LogP) is 8.36. The summed E-state index contributed by atoms with van der Waals surface area (Å²) in [6.07, 6.45) is 5.98. The third-order valence-electron chi connectivity index (χ3n) is 4.14. The molecule has 1 atom stereocenters. The van der Waals surface area contributed by atoms with Crippen molar-refractivity contribution in [1.29, 1.82) is 0 Å². The molecule has 0 heterocycles. The van der Waals surface area contributed by atoms with Crippen LogP contribution in [0.5, 0.6) is 0 Å². The fourth-order valence-electron chi connectivity index (χ4n) is 2.83. The van der Waals surface area contributed by atoms with E-state index in [2.05, 4.69) is 24.3 Å². The molecule has 0 aliphatic carbocycles. The largest absolute Gasteiger partial charge is 0.319 e. The summed E-state index contributed by atoms with van der Waals surface area (Å²) in [4.78, 5) is 12.8. The average molecular weight is 504 g/mol. The topological polar surface area (TPSA) is 17.1 Å². The summed E-state index contributed by atoms with van der Waals surface area (Å²) in [6.45, 7) is 12.0. The third kappa shape index (κ3) is 12.9. The van der Waals surface area contributed by atoms with Gasteiger partial charge in [0.25, 0.3) is 0 Å². The van der Waals surface area contributed by atoms with E-state index in [1.165, 1.54) is 5.56 Å². The molecule has 3 rings (SSSR count). The molecule has 0 spiro atoms. The molecule has 1 radical (unpaired) electrons. The van der Waals surface area contributed by atoms with Gasteiger partial charge in [0.1, 0.15) is 5.78 Å². The molecule has 0 aliphatic rings. The summed E-state index contributed by atoms with van der Waals surface area (Å²) < 4.78 is 0. The molecular weight excluding hydrogens is 465 g/mol. The Hall–Kier alpha value is -1.83. The first-order valence-electron chi connectivity index (χ1n) is 11.5. The molecule has 0 saturated carbocycles. The number of Topliss-reactive ketones (excluding diaryl/α,β-unsaturated/α-hetero) is 1. The summed E-state index contributed by atoms with van der Waals surface area (Å²) in [6, 6.07) is 31.0. The van der Waals surface area contributed by atoms with Crippen molar-refractivity contribution in [2.24, 2.45) is 0 Å². The Morgan fingerprint density at radius 1 is 0.812 bits per heavy atom. The van der Waals surface area contributed by atoms with Gasteiger partial charge < -0.3 is 22.5 Å². The number of allylic oxidation sites excluding steroid dienone is 1. The Bertz CT molecular complexity index is 811. The van der Waals surface area contributed by atoms with E-state index in [0.29, 0.717) is 12.8 Å². The zero-order valence-electron chi connectivity index (χ0n) is 20.6. The van der Waals surface area contributed by atoms with Crippen molar-refractivity contribution in [1.82, 2.24) is 0 Å². The van der Waals surface area contributed by atoms with Crippen LogP contribution in [0.25, 0.3) is 6.08 Å². The molecule has 2 heteroatoms. The number of benzene rings is 3. The first-order valence-corrected chi connectivity index (χ1v) is 11.5. The molecule has 1 unspecified atom stereocenters. The molecular formula is C30H38OY-2. The van der Waals surface area contributed by atoms with Gasteiger partial charge in [-0.3, -0.25) is 0 Å². The van der Waals surface area contributed by atoms with Crippen LogP contribution in [0.1, 0.15) is 70.6 Å². The van der Waals surface area contributed by atoms with Crippen LogP contribution in [-0.2, 0) is 43.9 Å².